The lowest BCUT2D eigenvalue weighted by Crippen LogP contribution is -2.44. The first-order valence-electron chi connectivity index (χ1n) is 7.17. The van der Waals surface area contributed by atoms with Crippen molar-refractivity contribution in [3.8, 4) is 0 Å². The Labute approximate surface area is 115 Å². The van der Waals surface area contributed by atoms with Crippen LogP contribution in [-0.4, -0.2) is 30.1 Å². The second-order valence-corrected chi connectivity index (χ2v) is 6.78. The summed E-state index contributed by atoms with van der Waals surface area (Å²) in [6.45, 7) is 10.5. The van der Waals surface area contributed by atoms with Gasteiger partial charge in [-0.2, -0.15) is 0 Å². The van der Waals surface area contributed by atoms with Crippen molar-refractivity contribution in [1.82, 2.24) is 10.2 Å². The number of hydrogen-bond donors (Lipinski definition) is 1. The van der Waals surface area contributed by atoms with E-state index in [0.717, 1.165) is 25.0 Å². The van der Waals surface area contributed by atoms with E-state index < -0.39 is 0 Å². The SMILES string of the molecule is CC(C)C1CCCN1C(C)CNCc1cccs1. The first kappa shape index (κ1) is 14.0. The summed E-state index contributed by atoms with van der Waals surface area (Å²) in [5, 5.41) is 5.74. The molecule has 2 nitrogen and oxygen atoms in total. The number of nitrogens with one attached hydrogen (secondary N) is 1. The highest BCUT2D eigenvalue weighted by molar-refractivity contribution is 7.09. The van der Waals surface area contributed by atoms with Crippen molar-refractivity contribution in [3.63, 3.8) is 0 Å². The molecule has 2 atom stereocenters. The molecule has 1 N–H and O–H groups in total. The van der Waals surface area contributed by atoms with Crippen LogP contribution in [0.2, 0.25) is 0 Å². The summed E-state index contributed by atoms with van der Waals surface area (Å²) < 4.78 is 0. The Hall–Kier alpha value is -0.380. The van der Waals surface area contributed by atoms with Crippen LogP contribution in [0.1, 0.15) is 38.5 Å². The normalized spacial score (nSPS) is 22.8. The van der Waals surface area contributed by atoms with E-state index in [0.29, 0.717) is 6.04 Å². The van der Waals surface area contributed by atoms with Crippen LogP contribution in [0.5, 0.6) is 0 Å². The van der Waals surface area contributed by atoms with Gasteiger partial charge in [-0.1, -0.05) is 19.9 Å². The van der Waals surface area contributed by atoms with Crippen molar-refractivity contribution in [2.24, 2.45) is 5.92 Å². The predicted molar refractivity (Wildman–Crippen MR) is 80.1 cm³/mol. The Kier molecular flexibility index (Phi) is 5.22. The van der Waals surface area contributed by atoms with Gasteiger partial charge in [-0.25, -0.2) is 0 Å². The van der Waals surface area contributed by atoms with Gasteiger partial charge >= 0.3 is 0 Å². The molecule has 1 aliphatic heterocycles. The van der Waals surface area contributed by atoms with Gasteiger partial charge in [-0.05, 0) is 43.7 Å². The van der Waals surface area contributed by atoms with Crippen molar-refractivity contribution in [2.75, 3.05) is 13.1 Å². The summed E-state index contributed by atoms with van der Waals surface area (Å²) in [5.74, 6) is 0.784. The zero-order chi connectivity index (χ0) is 13.0. The van der Waals surface area contributed by atoms with E-state index in [1.165, 1.54) is 24.3 Å². The lowest BCUT2D eigenvalue weighted by atomic mass is 10.0. The van der Waals surface area contributed by atoms with Gasteiger partial charge in [0.25, 0.3) is 0 Å². The molecule has 0 aromatic carbocycles. The van der Waals surface area contributed by atoms with Gasteiger partial charge in [-0.15, -0.1) is 11.3 Å². The summed E-state index contributed by atoms with van der Waals surface area (Å²) in [5.41, 5.74) is 0. The molecule has 1 aliphatic rings. The molecule has 0 saturated carbocycles. The van der Waals surface area contributed by atoms with Crippen molar-refractivity contribution in [2.45, 2.75) is 52.2 Å². The van der Waals surface area contributed by atoms with E-state index in [-0.39, 0.29) is 0 Å². The van der Waals surface area contributed by atoms with E-state index in [4.69, 9.17) is 0 Å². The van der Waals surface area contributed by atoms with Gasteiger partial charge in [0, 0.05) is 30.1 Å². The number of likely N-dealkylation sites (tertiary alicyclic amines) is 1. The topological polar surface area (TPSA) is 15.3 Å². The molecule has 1 saturated heterocycles. The molecular formula is C15H26N2S. The van der Waals surface area contributed by atoms with E-state index in [2.05, 4.69) is 48.5 Å². The Morgan fingerprint density at radius 3 is 2.94 bits per heavy atom. The maximum Gasteiger partial charge on any atom is 0.0300 e. The van der Waals surface area contributed by atoms with Crippen LogP contribution in [0.4, 0.5) is 0 Å². The third-order valence-corrected chi connectivity index (χ3v) is 4.87. The minimum atomic E-state index is 0.653. The zero-order valence-corrected chi connectivity index (χ0v) is 12.7. The van der Waals surface area contributed by atoms with Gasteiger partial charge in [0.15, 0.2) is 0 Å². The molecule has 1 fully saturated rings. The van der Waals surface area contributed by atoms with Crippen LogP contribution in [-0.2, 0) is 6.54 Å². The average molecular weight is 266 g/mol. The van der Waals surface area contributed by atoms with E-state index in [1.807, 2.05) is 11.3 Å². The van der Waals surface area contributed by atoms with Crippen LogP contribution < -0.4 is 5.32 Å². The molecule has 3 heteroatoms. The first-order chi connectivity index (χ1) is 8.68. The number of nitrogens with zero attached hydrogens (tertiary/aromatic N) is 1. The predicted octanol–water partition coefficient (Wildman–Crippen LogP) is 3.35. The Morgan fingerprint density at radius 1 is 1.44 bits per heavy atom. The summed E-state index contributed by atoms with van der Waals surface area (Å²) >= 11 is 1.84. The highest BCUT2D eigenvalue weighted by Gasteiger charge is 2.29. The second-order valence-electron chi connectivity index (χ2n) is 5.75. The minimum Gasteiger partial charge on any atom is -0.310 e. The smallest absolute Gasteiger partial charge is 0.0300 e. The van der Waals surface area contributed by atoms with Gasteiger partial charge in [0.2, 0.25) is 0 Å². The molecule has 0 spiro atoms. The van der Waals surface area contributed by atoms with Gasteiger partial charge < -0.3 is 5.32 Å². The van der Waals surface area contributed by atoms with Gasteiger partial charge in [0.05, 0.1) is 0 Å². The lowest BCUT2D eigenvalue weighted by molar-refractivity contribution is 0.153. The fourth-order valence-electron chi connectivity index (χ4n) is 3.01. The highest BCUT2D eigenvalue weighted by atomic mass is 32.1. The quantitative estimate of drug-likeness (QED) is 0.849. The van der Waals surface area contributed by atoms with Crippen LogP contribution in [0.25, 0.3) is 0 Å². The number of rotatable bonds is 6. The summed E-state index contributed by atoms with van der Waals surface area (Å²) in [6.07, 6.45) is 2.76. The van der Waals surface area contributed by atoms with Crippen LogP contribution in [0.15, 0.2) is 17.5 Å². The van der Waals surface area contributed by atoms with E-state index in [1.54, 1.807) is 0 Å². The Morgan fingerprint density at radius 2 is 2.28 bits per heavy atom. The summed E-state index contributed by atoms with van der Waals surface area (Å²) in [6, 6.07) is 5.78. The molecule has 0 amide bonds. The first-order valence-corrected chi connectivity index (χ1v) is 8.05. The summed E-state index contributed by atoms with van der Waals surface area (Å²) in [4.78, 5) is 4.13. The molecule has 1 aromatic rings. The standard InChI is InChI=1S/C15H26N2S/c1-12(2)15-7-4-8-17(15)13(3)10-16-11-14-6-5-9-18-14/h5-6,9,12-13,15-16H,4,7-8,10-11H2,1-3H3. The third-order valence-electron chi connectivity index (χ3n) is 4.00. The van der Waals surface area contributed by atoms with Gasteiger partial charge in [0.1, 0.15) is 0 Å². The molecule has 0 radical (unpaired) electrons. The fourth-order valence-corrected chi connectivity index (χ4v) is 3.69. The van der Waals surface area contributed by atoms with Crippen LogP contribution in [0.3, 0.4) is 0 Å². The molecule has 18 heavy (non-hydrogen) atoms. The Bertz CT molecular complexity index is 334. The molecule has 0 aliphatic carbocycles. The highest BCUT2D eigenvalue weighted by Crippen LogP contribution is 2.25. The van der Waals surface area contributed by atoms with Gasteiger partial charge in [-0.3, -0.25) is 4.90 Å². The van der Waals surface area contributed by atoms with E-state index >= 15 is 0 Å². The molecule has 2 rings (SSSR count). The average Bonchev–Trinajstić information content (AvgIpc) is 2.99. The molecule has 102 valence electrons. The largest absolute Gasteiger partial charge is 0.310 e. The van der Waals surface area contributed by atoms with Crippen molar-refractivity contribution in [1.29, 1.82) is 0 Å². The third kappa shape index (κ3) is 3.56. The number of thiophene rings is 1. The summed E-state index contributed by atoms with van der Waals surface area (Å²) in [7, 11) is 0. The molecular weight excluding hydrogens is 240 g/mol. The van der Waals surface area contributed by atoms with Crippen LogP contribution >= 0.6 is 11.3 Å². The fraction of sp³-hybridized carbons (Fsp3) is 0.733. The maximum atomic E-state index is 3.59. The maximum absolute atomic E-state index is 3.59. The number of hydrogen-bond acceptors (Lipinski definition) is 3. The zero-order valence-electron chi connectivity index (χ0n) is 11.9. The lowest BCUT2D eigenvalue weighted by Gasteiger charge is -2.33. The van der Waals surface area contributed by atoms with Crippen molar-refractivity contribution >= 4 is 11.3 Å². The van der Waals surface area contributed by atoms with Crippen LogP contribution in [0, 0.1) is 5.92 Å². The molecule has 0 bridgehead atoms. The van der Waals surface area contributed by atoms with Crippen molar-refractivity contribution < 1.29 is 0 Å². The van der Waals surface area contributed by atoms with Crippen molar-refractivity contribution in [3.05, 3.63) is 22.4 Å². The van der Waals surface area contributed by atoms with E-state index in [9.17, 15) is 0 Å². The Balaban J connectivity index is 1.75. The molecule has 2 unspecified atom stereocenters. The second kappa shape index (κ2) is 6.69. The monoisotopic (exact) mass is 266 g/mol. The molecule has 1 aromatic heterocycles. The molecule has 2 heterocycles. The minimum absolute atomic E-state index is 0.653.